The van der Waals surface area contributed by atoms with Crippen molar-refractivity contribution < 1.29 is 14.6 Å². The highest BCUT2D eigenvalue weighted by Crippen LogP contribution is 2.27. The van der Waals surface area contributed by atoms with Crippen molar-refractivity contribution in [3.8, 4) is 5.75 Å². The van der Waals surface area contributed by atoms with Crippen LogP contribution in [0, 0.1) is 5.92 Å². The van der Waals surface area contributed by atoms with Crippen LogP contribution >= 0.6 is 22.9 Å². The third-order valence-electron chi connectivity index (χ3n) is 3.52. The van der Waals surface area contributed by atoms with Gasteiger partial charge in [-0.2, -0.15) is 11.3 Å². The largest absolute Gasteiger partial charge is 0.473 e. The molecule has 0 bridgehead atoms. The van der Waals surface area contributed by atoms with Crippen molar-refractivity contribution >= 4 is 34.5 Å². The highest BCUT2D eigenvalue weighted by molar-refractivity contribution is 7.08. The van der Waals surface area contributed by atoms with Gasteiger partial charge in [0.15, 0.2) is 6.23 Å². The lowest BCUT2D eigenvalue weighted by Gasteiger charge is -2.22. The second-order valence-corrected chi connectivity index (χ2v) is 7.46. The molecule has 0 aliphatic carbocycles. The summed E-state index contributed by atoms with van der Waals surface area (Å²) in [5.41, 5.74) is 7.32. The van der Waals surface area contributed by atoms with E-state index in [9.17, 15) is 9.90 Å². The molecule has 2 atom stereocenters. The number of anilines is 1. The minimum absolute atomic E-state index is 0.141. The van der Waals surface area contributed by atoms with Gasteiger partial charge in [0.05, 0.1) is 17.1 Å². The van der Waals surface area contributed by atoms with Crippen molar-refractivity contribution in [2.75, 3.05) is 5.32 Å². The van der Waals surface area contributed by atoms with Crippen molar-refractivity contribution in [2.24, 2.45) is 11.7 Å². The maximum absolute atomic E-state index is 12.0. The number of hydrogen-bond acceptors (Lipinski definition) is 5. The molecular weight excluding hydrogens is 360 g/mol. The Morgan fingerprint density at radius 1 is 1.40 bits per heavy atom. The highest BCUT2D eigenvalue weighted by Gasteiger charge is 2.18. The normalized spacial score (nSPS) is 13.5. The minimum Gasteiger partial charge on any atom is -0.473 e. The van der Waals surface area contributed by atoms with Gasteiger partial charge in [-0.3, -0.25) is 10.5 Å². The molecular formula is C18H23ClN2O3S. The van der Waals surface area contributed by atoms with Crippen LogP contribution in [0.4, 0.5) is 5.69 Å². The Labute approximate surface area is 156 Å². The van der Waals surface area contributed by atoms with Crippen LogP contribution < -0.4 is 15.8 Å². The van der Waals surface area contributed by atoms with Crippen LogP contribution in [0.25, 0.3) is 0 Å². The smallest absolute Gasteiger partial charge is 0.228 e. The molecule has 0 saturated heterocycles. The topological polar surface area (TPSA) is 84.6 Å². The number of carbonyl (C=O) groups excluding carboxylic acids is 1. The summed E-state index contributed by atoms with van der Waals surface area (Å²) in [6.07, 6.45) is -0.753. The van der Waals surface area contributed by atoms with E-state index in [0.717, 1.165) is 5.56 Å². The molecule has 7 heteroatoms. The Morgan fingerprint density at radius 2 is 2.16 bits per heavy atom. The standard InChI is InChI=1S/C18H23ClN2O3S/c1-11(2)7-16(22)18(20)24-13-3-4-15(14(19)9-13)21-17(23)8-12-5-6-25-10-12/h3-6,9-11,16,18,22H,7-8,20H2,1-2H3,(H,21,23). The first-order chi connectivity index (χ1) is 11.8. The zero-order chi connectivity index (χ0) is 18.4. The Morgan fingerprint density at radius 3 is 2.76 bits per heavy atom. The summed E-state index contributed by atoms with van der Waals surface area (Å²) in [4.78, 5) is 12.0. The first kappa shape index (κ1) is 19.7. The lowest BCUT2D eigenvalue weighted by molar-refractivity contribution is -0.115. The minimum atomic E-state index is -0.836. The summed E-state index contributed by atoms with van der Waals surface area (Å²) < 4.78 is 5.54. The molecule has 0 saturated carbocycles. The highest BCUT2D eigenvalue weighted by atomic mass is 35.5. The van der Waals surface area contributed by atoms with Crippen molar-refractivity contribution in [2.45, 2.75) is 39.0 Å². The number of nitrogens with one attached hydrogen (secondary N) is 1. The van der Waals surface area contributed by atoms with E-state index in [1.807, 2.05) is 30.7 Å². The molecule has 136 valence electrons. The number of carbonyl (C=O) groups is 1. The Bertz CT molecular complexity index is 692. The number of ether oxygens (including phenoxy) is 1. The van der Waals surface area contributed by atoms with Gasteiger partial charge in [-0.15, -0.1) is 0 Å². The maximum Gasteiger partial charge on any atom is 0.228 e. The molecule has 25 heavy (non-hydrogen) atoms. The van der Waals surface area contributed by atoms with E-state index in [0.29, 0.717) is 35.2 Å². The summed E-state index contributed by atoms with van der Waals surface area (Å²) in [5.74, 6) is 0.614. The fraction of sp³-hybridized carbons (Fsp3) is 0.389. The average molecular weight is 383 g/mol. The number of halogens is 1. The fourth-order valence-electron chi connectivity index (χ4n) is 2.30. The van der Waals surface area contributed by atoms with Gasteiger partial charge < -0.3 is 15.2 Å². The lowest BCUT2D eigenvalue weighted by atomic mass is 10.1. The molecule has 0 radical (unpaired) electrons. The molecule has 0 aliphatic rings. The Kier molecular flexibility index (Phi) is 7.25. The van der Waals surface area contributed by atoms with Gasteiger partial charge in [0.2, 0.25) is 5.91 Å². The number of amides is 1. The van der Waals surface area contributed by atoms with E-state index in [1.54, 1.807) is 29.5 Å². The maximum atomic E-state index is 12.0. The van der Waals surface area contributed by atoms with Crippen LogP contribution in [0.15, 0.2) is 35.0 Å². The van der Waals surface area contributed by atoms with E-state index in [4.69, 9.17) is 22.1 Å². The summed E-state index contributed by atoms with van der Waals surface area (Å²) >= 11 is 7.76. The van der Waals surface area contributed by atoms with Crippen LogP contribution in [0.3, 0.4) is 0 Å². The quantitative estimate of drug-likeness (QED) is 0.608. The molecule has 1 heterocycles. The van der Waals surface area contributed by atoms with Gasteiger partial charge in [0, 0.05) is 6.07 Å². The molecule has 2 aromatic rings. The van der Waals surface area contributed by atoms with E-state index in [2.05, 4.69) is 5.32 Å². The van der Waals surface area contributed by atoms with Crippen molar-refractivity contribution in [3.63, 3.8) is 0 Å². The Balaban J connectivity index is 1.94. The molecule has 0 aliphatic heterocycles. The first-order valence-electron chi connectivity index (χ1n) is 8.06. The molecule has 1 aromatic heterocycles. The predicted octanol–water partition coefficient (Wildman–Crippen LogP) is 3.65. The average Bonchev–Trinajstić information content (AvgIpc) is 3.02. The predicted molar refractivity (Wildman–Crippen MR) is 102 cm³/mol. The lowest BCUT2D eigenvalue weighted by Crippen LogP contribution is -2.40. The van der Waals surface area contributed by atoms with Gasteiger partial charge in [0.25, 0.3) is 0 Å². The summed E-state index contributed by atoms with van der Waals surface area (Å²) in [5, 5.41) is 17.0. The molecule has 0 spiro atoms. The van der Waals surface area contributed by atoms with Crippen LogP contribution in [-0.2, 0) is 11.2 Å². The zero-order valence-electron chi connectivity index (χ0n) is 14.2. The second-order valence-electron chi connectivity index (χ2n) is 6.28. The summed E-state index contributed by atoms with van der Waals surface area (Å²) in [6.45, 7) is 4.00. The molecule has 0 fully saturated rings. The number of benzene rings is 1. The van der Waals surface area contributed by atoms with Crippen molar-refractivity contribution in [3.05, 3.63) is 45.6 Å². The Hall–Kier alpha value is -1.60. The third kappa shape index (κ3) is 6.32. The van der Waals surface area contributed by atoms with E-state index in [1.165, 1.54) is 0 Å². The van der Waals surface area contributed by atoms with Gasteiger partial charge in [-0.25, -0.2) is 0 Å². The third-order valence-corrected chi connectivity index (χ3v) is 4.57. The van der Waals surface area contributed by atoms with E-state index in [-0.39, 0.29) is 5.91 Å². The first-order valence-corrected chi connectivity index (χ1v) is 9.38. The molecule has 1 amide bonds. The van der Waals surface area contributed by atoms with E-state index >= 15 is 0 Å². The number of aliphatic hydroxyl groups excluding tert-OH is 1. The molecule has 1 aromatic carbocycles. The van der Waals surface area contributed by atoms with Gasteiger partial charge in [0.1, 0.15) is 11.9 Å². The molecule has 2 rings (SSSR count). The van der Waals surface area contributed by atoms with Crippen LogP contribution in [0.5, 0.6) is 5.75 Å². The SMILES string of the molecule is CC(C)CC(O)C(N)Oc1ccc(NC(=O)Cc2ccsc2)c(Cl)c1. The fourth-order valence-corrected chi connectivity index (χ4v) is 3.18. The second kappa shape index (κ2) is 9.20. The molecule has 5 nitrogen and oxygen atoms in total. The number of hydrogen-bond donors (Lipinski definition) is 3. The molecule has 4 N–H and O–H groups in total. The monoisotopic (exact) mass is 382 g/mol. The number of nitrogens with two attached hydrogens (primary N) is 1. The van der Waals surface area contributed by atoms with Crippen molar-refractivity contribution in [1.29, 1.82) is 0 Å². The van der Waals surface area contributed by atoms with E-state index < -0.39 is 12.3 Å². The number of aliphatic hydroxyl groups is 1. The van der Waals surface area contributed by atoms with Gasteiger partial charge in [-0.1, -0.05) is 25.4 Å². The van der Waals surface area contributed by atoms with Crippen LogP contribution in [0.1, 0.15) is 25.8 Å². The van der Waals surface area contributed by atoms with Gasteiger partial charge in [-0.05, 0) is 46.9 Å². The van der Waals surface area contributed by atoms with Crippen LogP contribution in [0.2, 0.25) is 5.02 Å². The molecule has 2 unspecified atom stereocenters. The summed E-state index contributed by atoms with van der Waals surface area (Å²) in [7, 11) is 0. The van der Waals surface area contributed by atoms with Gasteiger partial charge >= 0.3 is 0 Å². The number of rotatable bonds is 8. The zero-order valence-corrected chi connectivity index (χ0v) is 15.8. The summed E-state index contributed by atoms with van der Waals surface area (Å²) in [6, 6.07) is 6.80. The number of thiophene rings is 1. The van der Waals surface area contributed by atoms with Crippen molar-refractivity contribution in [1.82, 2.24) is 0 Å². The van der Waals surface area contributed by atoms with Crippen LogP contribution in [-0.4, -0.2) is 23.3 Å².